The van der Waals surface area contributed by atoms with Crippen LogP contribution < -0.4 is 15.7 Å². The zero-order chi connectivity index (χ0) is 24.9. The van der Waals surface area contributed by atoms with Gasteiger partial charge < -0.3 is 25.1 Å². The van der Waals surface area contributed by atoms with Crippen LogP contribution in [0.15, 0.2) is 52.6 Å². The Bertz CT molecular complexity index is 1310. The third-order valence-electron chi connectivity index (χ3n) is 4.76. The first-order chi connectivity index (χ1) is 16.1. The molecule has 2 aromatic carbocycles. The maximum Gasteiger partial charge on any atom is 0.490 e. The predicted octanol–water partition coefficient (Wildman–Crippen LogP) is 4.47. The summed E-state index contributed by atoms with van der Waals surface area (Å²) in [6.45, 7) is 2.78. The van der Waals surface area contributed by atoms with Crippen molar-refractivity contribution in [2.45, 2.75) is 25.7 Å². The van der Waals surface area contributed by atoms with Crippen LogP contribution in [0.1, 0.15) is 24.2 Å². The van der Waals surface area contributed by atoms with Crippen LogP contribution in [0, 0.1) is 0 Å². The fourth-order valence-electron chi connectivity index (χ4n) is 2.95. The molecular weight excluding hydrogens is 473 g/mol. The van der Waals surface area contributed by atoms with Gasteiger partial charge in [-0.25, -0.2) is 14.6 Å². The number of carbonyl (C=O) groups is 1. The number of aromatic nitrogens is 3. The summed E-state index contributed by atoms with van der Waals surface area (Å²) in [7, 11) is 1.66. The topological polar surface area (TPSA) is 120 Å². The van der Waals surface area contributed by atoms with Gasteiger partial charge in [0.2, 0.25) is 0 Å². The molecule has 34 heavy (non-hydrogen) atoms. The van der Waals surface area contributed by atoms with Gasteiger partial charge in [0.05, 0.1) is 23.8 Å². The monoisotopic (exact) mass is 494 g/mol. The molecule has 4 N–H and O–H groups in total. The molecule has 0 saturated heterocycles. The first-order valence-electron chi connectivity index (χ1n) is 9.91. The number of benzene rings is 2. The van der Waals surface area contributed by atoms with Gasteiger partial charge >= 0.3 is 17.8 Å². The molecule has 180 valence electrons. The fraction of sp³-hybridized carbons (Fsp3) is 0.227. The van der Waals surface area contributed by atoms with E-state index in [1.807, 2.05) is 42.5 Å². The van der Waals surface area contributed by atoms with Crippen molar-refractivity contribution >= 4 is 28.3 Å². The molecule has 8 nitrogen and oxygen atoms in total. The number of alkyl halides is 3. The number of halogens is 3. The summed E-state index contributed by atoms with van der Waals surface area (Å²) in [6.07, 6.45) is -5.08. The molecule has 0 amide bonds. The Labute approximate surface area is 195 Å². The molecular formula is C22H21F3N4O4S. The van der Waals surface area contributed by atoms with Crippen LogP contribution in [0.5, 0.6) is 5.75 Å². The SMILES string of the molecule is COc1ccc(-c2nc(CNC(C)c3ccc4[nH]c(=O)[nH]c4c3)cs2)cc1.O=C(O)C(F)(F)F. The van der Waals surface area contributed by atoms with Crippen LogP contribution in [0.3, 0.4) is 0 Å². The number of fused-ring (bicyclic) bond motifs is 1. The quantitative estimate of drug-likeness (QED) is 0.314. The summed E-state index contributed by atoms with van der Waals surface area (Å²) >= 11 is 1.63. The number of rotatable bonds is 6. The van der Waals surface area contributed by atoms with Crippen molar-refractivity contribution in [1.29, 1.82) is 0 Å². The lowest BCUT2D eigenvalue weighted by atomic mass is 10.1. The second-order valence-electron chi connectivity index (χ2n) is 7.16. The number of methoxy groups -OCH3 is 1. The number of aliphatic carboxylic acids is 1. The average Bonchev–Trinajstić information content (AvgIpc) is 3.42. The van der Waals surface area contributed by atoms with Crippen LogP contribution in [-0.2, 0) is 11.3 Å². The van der Waals surface area contributed by atoms with E-state index in [9.17, 15) is 18.0 Å². The standard InChI is InChI=1S/C20H20N4O2S.C2HF3O2/c1-12(14-5-8-17-18(9-14)24-20(25)23-17)21-10-15-11-27-19(22-15)13-3-6-16(26-2)7-4-13;3-2(4,5)1(6)7/h3-9,11-12,21H,10H2,1-2H3,(H2,23,24,25);(H,6,7). The van der Waals surface area contributed by atoms with Crippen molar-refractivity contribution in [3.63, 3.8) is 0 Å². The van der Waals surface area contributed by atoms with Crippen LogP contribution in [0.2, 0.25) is 0 Å². The lowest BCUT2D eigenvalue weighted by Crippen LogP contribution is -2.21. The zero-order valence-corrected chi connectivity index (χ0v) is 18.9. The van der Waals surface area contributed by atoms with Crippen molar-refractivity contribution in [2.75, 3.05) is 7.11 Å². The van der Waals surface area contributed by atoms with Crippen molar-refractivity contribution in [1.82, 2.24) is 20.3 Å². The molecule has 0 aliphatic carbocycles. The van der Waals surface area contributed by atoms with Crippen molar-refractivity contribution in [3.8, 4) is 16.3 Å². The van der Waals surface area contributed by atoms with E-state index in [0.29, 0.717) is 6.54 Å². The number of H-pyrrole nitrogens is 2. The number of carboxylic acid groups (broad SMARTS) is 1. The number of nitrogens with zero attached hydrogens (tertiary/aromatic N) is 1. The highest BCUT2D eigenvalue weighted by atomic mass is 32.1. The molecule has 0 saturated carbocycles. The number of thiazole rings is 1. The number of ether oxygens (including phenoxy) is 1. The summed E-state index contributed by atoms with van der Waals surface area (Å²) in [5.74, 6) is -1.92. The minimum atomic E-state index is -5.08. The molecule has 0 bridgehead atoms. The van der Waals surface area contributed by atoms with E-state index in [2.05, 4.69) is 27.6 Å². The van der Waals surface area contributed by atoms with Gasteiger partial charge in [0.25, 0.3) is 0 Å². The Balaban J connectivity index is 0.000000406. The predicted molar refractivity (Wildman–Crippen MR) is 122 cm³/mol. The van der Waals surface area contributed by atoms with Crippen LogP contribution in [-0.4, -0.2) is 39.3 Å². The zero-order valence-electron chi connectivity index (χ0n) is 18.1. The molecule has 0 aliphatic heterocycles. The van der Waals surface area contributed by atoms with Crippen LogP contribution in [0.25, 0.3) is 21.6 Å². The first kappa shape index (κ1) is 25.0. The molecule has 0 radical (unpaired) electrons. The van der Waals surface area contributed by atoms with E-state index in [0.717, 1.165) is 38.6 Å². The third-order valence-corrected chi connectivity index (χ3v) is 5.70. The van der Waals surface area contributed by atoms with E-state index >= 15 is 0 Å². The minimum Gasteiger partial charge on any atom is -0.497 e. The highest BCUT2D eigenvalue weighted by Crippen LogP contribution is 2.26. The lowest BCUT2D eigenvalue weighted by Gasteiger charge is -2.13. The largest absolute Gasteiger partial charge is 0.497 e. The normalized spacial score (nSPS) is 12.1. The van der Waals surface area contributed by atoms with Crippen molar-refractivity contribution < 1.29 is 27.8 Å². The average molecular weight is 494 g/mol. The maximum absolute atomic E-state index is 11.4. The van der Waals surface area contributed by atoms with Gasteiger partial charge in [0.15, 0.2) is 0 Å². The molecule has 1 unspecified atom stereocenters. The van der Waals surface area contributed by atoms with Gasteiger partial charge in [-0.05, 0) is 48.9 Å². The van der Waals surface area contributed by atoms with E-state index in [1.165, 1.54) is 0 Å². The molecule has 4 aromatic rings. The first-order valence-corrected chi connectivity index (χ1v) is 10.8. The van der Waals surface area contributed by atoms with Gasteiger partial charge in [-0.3, -0.25) is 0 Å². The maximum atomic E-state index is 11.4. The molecule has 0 spiro atoms. The van der Waals surface area contributed by atoms with Gasteiger partial charge in [0, 0.05) is 23.5 Å². The Morgan fingerprint density at radius 3 is 2.44 bits per heavy atom. The Kier molecular flexibility index (Phi) is 7.74. The van der Waals surface area contributed by atoms with E-state index in [1.54, 1.807) is 18.4 Å². The second-order valence-corrected chi connectivity index (χ2v) is 8.02. The Morgan fingerprint density at radius 1 is 1.18 bits per heavy atom. The molecule has 0 aliphatic rings. The summed E-state index contributed by atoms with van der Waals surface area (Å²) in [5, 5.41) is 13.7. The third kappa shape index (κ3) is 6.45. The number of nitrogens with one attached hydrogen (secondary N) is 3. The summed E-state index contributed by atoms with van der Waals surface area (Å²) < 4.78 is 36.9. The van der Waals surface area contributed by atoms with E-state index < -0.39 is 12.1 Å². The van der Waals surface area contributed by atoms with Gasteiger partial charge in [-0.1, -0.05) is 6.07 Å². The fourth-order valence-corrected chi connectivity index (χ4v) is 3.78. The Hall–Kier alpha value is -3.64. The summed E-state index contributed by atoms with van der Waals surface area (Å²) in [6, 6.07) is 14.0. The molecule has 2 aromatic heterocycles. The van der Waals surface area contributed by atoms with Crippen molar-refractivity contribution in [3.05, 3.63) is 69.6 Å². The van der Waals surface area contributed by atoms with Crippen LogP contribution >= 0.6 is 11.3 Å². The second kappa shape index (κ2) is 10.5. The number of imidazole rings is 1. The highest BCUT2D eigenvalue weighted by Gasteiger charge is 2.38. The summed E-state index contributed by atoms with van der Waals surface area (Å²) in [5.41, 5.74) is 4.66. The minimum absolute atomic E-state index is 0.138. The van der Waals surface area contributed by atoms with Crippen molar-refractivity contribution in [2.24, 2.45) is 0 Å². The highest BCUT2D eigenvalue weighted by molar-refractivity contribution is 7.13. The number of carboxylic acids is 1. The molecule has 4 rings (SSSR count). The lowest BCUT2D eigenvalue weighted by molar-refractivity contribution is -0.192. The summed E-state index contributed by atoms with van der Waals surface area (Å²) in [4.78, 5) is 30.6. The number of hydrogen-bond donors (Lipinski definition) is 4. The smallest absolute Gasteiger partial charge is 0.490 e. The molecule has 0 fully saturated rings. The molecule has 2 heterocycles. The Morgan fingerprint density at radius 2 is 1.82 bits per heavy atom. The van der Waals surface area contributed by atoms with E-state index in [4.69, 9.17) is 19.6 Å². The van der Waals surface area contributed by atoms with E-state index in [-0.39, 0.29) is 11.7 Å². The van der Waals surface area contributed by atoms with Gasteiger partial charge in [-0.2, -0.15) is 13.2 Å². The molecule has 1 atom stereocenters. The van der Waals surface area contributed by atoms with Gasteiger partial charge in [0.1, 0.15) is 10.8 Å². The number of hydrogen-bond acceptors (Lipinski definition) is 6. The van der Waals surface area contributed by atoms with Crippen LogP contribution in [0.4, 0.5) is 13.2 Å². The number of aromatic amines is 2. The molecule has 12 heteroatoms. The van der Waals surface area contributed by atoms with Gasteiger partial charge in [-0.15, -0.1) is 11.3 Å².